The monoisotopic (exact) mass is 416 g/mol. The number of ether oxygens (including phenoxy) is 1. The van der Waals surface area contributed by atoms with Crippen LogP contribution in [0.1, 0.15) is 24.0 Å². The van der Waals surface area contributed by atoms with E-state index in [1.807, 2.05) is 30.3 Å². The molecule has 138 valence electrons. The van der Waals surface area contributed by atoms with Gasteiger partial charge in [-0.25, -0.2) is 0 Å². The zero-order valence-electron chi connectivity index (χ0n) is 15.1. The molecule has 4 nitrogen and oxygen atoms in total. The predicted octanol–water partition coefficient (Wildman–Crippen LogP) is 3.99. The van der Waals surface area contributed by atoms with E-state index >= 15 is 0 Å². The third-order valence-electron chi connectivity index (χ3n) is 4.90. The summed E-state index contributed by atoms with van der Waals surface area (Å²) in [6, 6.07) is 16.2. The van der Waals surface area contributed by atoms with Crippen molar-refractivity contribution >= 4 is 21.8 Å². The van der Waals surface area contributed by atoms with Crippen molar-refractivity contribution in [3.8, 4) is 5.75 Å². The Morgan fingerprint density at radius 1 is 1.19 bits per heavy atom. The molecule has 1 N–H and O–H groups in total. The molecule has 0 aromatic heterocycles. The molecule has 0 unspecified atom stereocenters. The molecule has 1 aliphatic heterocycles. The Morgan fingerprint density at radius 2 is 1.96 bits per heavy atom. The molecule has 26 heavy (non-hydrogen) atoms. The first-order valence-electron chi connectivity index (χ1n) is 9.02. The van der Waals surface area contributed by atoms with Crippen LogP contribution in [0.15, 0.2) is 53.0 Å². The summed E-state index contributed by atoms with van der Waals surface area (Å²) in [6.07, 6.45) is 1.82. The lowest BCUT2D eigenvalue weighted by Gasteiger charge is -2.31. The summed E-state index contributed by atoms with van der Waals surface area (Å²) in [7, 11) is 1.65. The minimum Gasteiger partial charge on any atom is -0.496 e. The average molecular weight is 417 g/mol. The minimum absolute atomic E-state index is 0.100. The van der Waals surface area contributed by atoms with Crippen LogP contribution in [0.2, 0.25) is 0 Å². The standard InChI is InChI=1S/C21H25BrN2O2/c1-26-20-8-3-2-6-18(20)14-23-21(25)17-9-11-24(12-10-17)15-16-5-4-7-19(22)13-16/h2-8,13,17H,9-12,14-15H2,1H3,(H,23,25). The molecule has 2 aromatic carbocycles. The molecule has 0 radical (unpaired) electrons. The van der Waals surface area contributed by atoms with Crippen molar-refractivity contribution in [2.75, 3.05) is 20.2 Å². The number of carbonyl (C=O) groups excluding carboxylic acids is 1. The van der Waals surface area contributed by atoms with Crippen molar-refractivity contribution in [1.29, 1.82) is 0 Å². The fourth-order valence-electron chi connectivity index (χ4n) is 3.42. The van der Waals surface area contributed by atoms with Gasteiger partial charge in [-0.15, -0.1) is 0 Å². The van der Waals surface area contributed by atoms with Crippen LogP contribution in [0.25, 0.3) is 0 Å². The average Bonchev–Trinajstić information content (AvgIpc) is 2.67. The highest BCUT2D eigenvalue weighted by molar-refractivity contribution is 9.10. The van der Waals surface area contributed by atoms with E-state index in [1.165, 1.54) is 5.56 Å². The van der Waals surface area contributed by atoms with Gasteiger partial charge >= 0.3 is 0 Å². The summed E-state index contributed by atoms with van der Waals surface area (Å²) in [5, 5.41) is 3.07. The number of para-hydroxylation sites is 1. The smallest absolute Gasteiger partial charge is 0.223 e. The highest BCUT2D eigenvalue weighted by atomic mass is 79.9. The molecule has 0 saturated carbocycles. The Balaban J connectivity index is 1.46. The Hall–Kier alpha value is -1.85. The number of likely N-dealkylation sites (tertiary alicyclic amines) is 1. The van der Waals surface area contributed by atoms with Crippen LogP contribution >= 0.6 is 15.9 Å². The highest BCUT2D eigenvalue weighted by Gasteiger charge is 2.24. The molecule has 2 aromatic rings. The van der Waals surface area contributed by atoms with Gasteiger partial charge in [-0.2, -0.15) is 0 Å². The molecule has 0 aliphatic carbocycles. The molecule has 0 spiro atoms. The van der Waals surface area contributed by atoms with Crippen LogP contribution in [0.3, 0.4) is 0 Å². The second kappa shape index (κ2) is 9.19. The van der Waals surface area contributed by atoms with Crippen LogP contribution in [0.5, 0.6) is 5.75 Å². The highest BCUT2D eigenvalue weighted by Crippen LogP contribution is 2.21. The van der Waals surface area contributed by atoms with E-state index in [1.54, 1.807) is 7.11 Å². The summed E-state index contributed by atoms with van der Waals surface area (Å²) in [5.74, 6) is 1.07. The number of rotatable bonds is 6. The second-order valence-electron chi connectivity index (χ2n) is 6.71. The first kappa shape index (κ1) is 18.9. The maximum atomic E-state index is 12.5. The van der Waals surface area contributed by atoms with Crippen molar-refractivity contribution < 1.29 is 9.53 Å². The number of piperidine rings is 1. The topological polar surface area (TPSA) is 41.6 Å². The van der Waals surface area contributed by atoms with E-state index in [-0.39, 0.29) is 11.8 Å². The van der Waals surface area contributed by atoms with Gasteiger partial charge in [0.15, 0.2) is 0 Å². The van der Waals surface area contributed by atoms with Crippen molar-refractivity contribution in [1.82, 2.24) is 10.2 Å². The lowest BCUT2D eigenvalue weighted by Crippen LogP contribution is -2.40. The number of amides is 1. The lowest BCUT2D eigenvalue weighted by atomic mass is 9.95. The second-order valence-corrected chi connectivity index (χ2v) is 7.63. The van der Waals surface area contributed by atoms with E-state index < -0.39 is 0 Å². The van der Waals surface area contributed by atoms with Crippen LogP contribution in [0.4, 0.5) is 0 Å². The van der Waals surface area contributed by atoms with E-state index in [4.69, 9.17) is 4.74 Å². The number of methoxy groups -OCH3 is 1. The molecule has 1 fully saturated rings. The molecule has 0 bridgehead atoms. The molecule has 1 heterocycles. The molecule has 0 atom stereocenters. The molecule has 3 rings (SSSR count). The molecular formula is C21H25BrN2O2. The Bertz CT molecular complexity index is 742. The largest absolute Gasteiger partial charge is 0.496 e. The summed E-state index contributed by atoms with van der Waals surface area (Å²) in [6.45, 7) is 3.37. The van der Waals surface area contributed by atoms with Crippen molar-refractivity contribution in [3.63, 3.8) is 0 Å². The van der Waals surface area contributed by atoms with Crippen LogP contribution in [-0.2, 0) is 17.9 Å². The van der Waals surface area contributed by atoms with E-state index in [9.17, 15) is 4.79 Å². The number of benzene rings is 2. The van der Waals surface area contributed by atoms with Gasteiger partial charge in [0, 0.05) is 29.0 Å². The van der Waals surface area contributed by atoms with Gasteiger partial charge in [0.2, 0.25) is 5.91 Å². The molecular weight excluding hydrogens is 392 g/mol. The SMILES string of the molecule is COc1ccccc1CNC(=O)C1CCN(Cc2cccc(Br)c2)CC1. The summed E-state index contributed by atoms with van der Waals surface area (Å²) < 4.78 is 6.45. The number of halogens is 1. The maximum Gasteiger partial charge on any atom is 0.223 e. The van der Waals surface area contributed by atoms with Gasteiger partial charge in [-0.05, 0) is 49.7 Å². The predicted molar refractivity (Wildman–Crippen MR) is 107 cm³/mol. The fraction of sp³-hybridized carbons (Fsp3) is 0.381. The molecule has 1 amide bonds. The number of carbonyl (C=O) groups is 1. The first-order valence-corrected chi connectivity index (χ1v) is 9.81. The van der Waals surface area contributed by atoms with Gasteiger partial charge in [0.25, 0.3) is 0 Å². The van der Waals surface area contributed by atoms with Crippen LogP contribution in [-0.4, -0.2) is 31.0 Å². The van der Waals surface area contributed by atoms with Crippen molar-refractivity contribution in [2.45, 2.75) is 25.9 Å². The number of hydrogen-bond acceptors (Lipinski definition) is 3. The zero-order valence-corrected chi connectivity index (χ0v) is 16.7. The van der Waals surface area contributed by atoms with Gasteiger partial charge in [0.1, 0.15) is 5.75 Å². The third kappa shape index (κ3) is 5.08. The Morgan fingerprint density at radius 3 is 2.69 bits per heavy atom. The fourth-order valence-corrected chi connectivity index (χ4v) is 3.87. The molecule has 1 aliphatic rings. The summed E-state index contributed by atoms with van der Waals surface area (Å²) in [5.41, 5.74) is 2.31. The lowest BCUT2D eigenvalue weighted by molar-refractivity contribution is -0.126. The molecule has 5 heteroatoms. The van der Waals surface area contributed by atoms with E-state index in [2.05, 4.69) is 44.3 Å². The van der Waals surface area contributed by atoms with Crippen molar-refractivity contribution in [2.24, 2.45) is 5.92 Å². The zero-order chi connectivity index (χ0) is 18.4. The van der Waals surface area contributed by atoms with Crippen molar-refractivity contribution in [3.05, 3.63) is 64.1 Å². The van der Waals surface area contributed by atoms with Crippen LogP contribution < -0.4 is 10.1 Å². The number of nitrogens with one attached hydrogen (secondary N) is 1. The first-order chi connectivity index (χ1) is 12.7. The summed E-state index contributed by atoms with van der Waals surface area (Å²) in [4.78, 5) is 14.9. The van der Waals surface area contributed by atoms with Gasteiger partial charge in [0.05, 0.1) is 7.11 Å². The Kier molecular flexibility index (Phi) is 6.69. The minimum atomic E-state index is 0.100. The number of hydrogen-bond donors (Lipinski definition) is 1. The van der Waals surface area contributed by atoms with Gasteiger partial charge in [-0.3, -0.25) is 9.69 Å². The Labute approximate surface area is 163 Å². The quantitative estimate of drug-likeness (QED) is 0.773. The third-order valence-corrected chi connectivity index (χ3v) is 5.39. The normalized spacial score (nSPS) is 15.6. The van der Waals surface area contributed by atoms with E-state index in [0.717, 1.165) is 48.3 Å². The van der Waals surface area contributed by atoms with Gasteiger partial charge < -0.3 is 10.1 Å². The maximum absolute atomic E-state index is 12.5. The van der Waals surface area contributed by atoms with Gasteiger partial charge in [-0.1, -0.05) is 46.3 Å². The number of nitrogens with zero attached hydrogens (tertiary/aromatic N) is 1. The van der Waals surface area contributed by atoms with E-state index in [0.29, 0.717) is 6.54 Å². The molecule has 1 saturated heterocycles. The van der Waals surface area contributed by atoms with Crippen LogP contribution in [0, 0.1) is 5.92 Å². The summed E-state index contributed by atoms with van der Waals surface area (Å²) >= 11 is 3.52.